The third-order valence-corrected chi connectivity index (χ3v) is 6.37. The van der Waals surface area contributed by atoms with Crippen molar-refractivity contribution in [3.63, 3.8) is 0 Å². The van der Waals surface area contributed by atoms with E-state index in [1.807, 2.05) is 44.2 Å². The van der Waals surface area contributed by atoms with Crippen LogP contribution >= 0.6 is 23.2 Å². The van der Waals surface area contributed by atoms with E-state index in [2.05, 4.69) is 11.4 Å². The first-order valence-electron chi connectivity index (χ1n) is 9.55. The molecule has 0 bridgehead atoms. The SMILES string of the molecule is CC(=O)N1c2ccccc2NC2=CC(C)(C)CC(=O)C2C1c1cccc(Cl)c1Cl. The molecule has 150 valence electrons. The molecule has 2 unspecified atom stereocenters. The van der Waals surface area contributed by atoms with Crippen molar-refractivity contribution >= 4 is 46.3 Å². The van der Waals surface area contributed by atoms with E-state index >= 15 is 0 Å². The number of para-hydroxylation sites is 2. The molecule has 6 heteroatoms. The van der Waals surface area contributed by atoms with E-state index in [1.54, 1.807) is 17.0 Å². The van der Waals surface area contributed by atoms with E-state index in [0.29, 0.717) is 27.7 Å². The summed E-state index contributed by atoms with van der Waals surface area (Å²) in [5, 5.41) is 4.19. The Morgan fingerprint density at radius 1 is 1.14 bits per heavy atom. The molecule has 0 saturated carbocycles. The largest absolute Gasteiger partial charge is 0.357 e. The van der Waals surface area contributed by atoms with Crippen LogP contribution in [0.3, 0.4) is 0 Å². The van der Waals surface area contributed by atoms with Crippen LogP contribution in [0, 0.1) is 11.3 Å². The molecule has 0 radical (unpaired) electrons. The molecule has 2 aromatic rings. The summed E-state index contributed by atoms with van der Waals surface area (Å²) in [5.74, 6) is -0.658. The fourth-order valence-electron chi connectivity index (χ4n) is 4.43. The minimum atomic E-state index is -0.593. The lowest BCUT2D eigenvalue weighted by Crippen LogP contribution is -2.43. The van der Waals surface area contributed by atoms with Gasteiger partial charge in [0.05, 0.1) is 33.4 Å². The Hall–Kier alpha value is -2.30. The topological polar surface area (TPSA) is 49.4 Å². The summed E-state index contributed by atoms with van der Waals surface area (Å²) in [7, 11) is 0. The fraction of sp³-hybridized carbons (Fsp3) is 0.304. The minimum absolute atomic E-state index is 0.0695. The van der Waals surface area contributed by atoms with E-state index in [0.717, 1.165) is 11.4 Å². The number of hydrogen-bond acceptors (Lipinski definition) is 3. The van der Waals surface area contributed by atoms with Crippen LogP contribution in [0.2, 0.25) is 10.0 Å². The number of benzene rings is 2. The smallest absolute Gasteiger partial charge is 0.224 e. The number of carbonyl (C=O) groups excluding carboxylic acids is 2. The summed E-state index contributed by atoms with van der Waals surface area (Å²) in [4.78, 5) is 28.0. The maximum absolute atomic E-state index is 13.4. The third kappa shape index (κ3) is 3.45. The summed E-state index contributed by atoms with van der Waals surface area (Å²) < 4.78 is 0. The Morgan fingerprint density at radius 2 is 1.86 bits per heavy atom. The number of allylic oxidation sites excluding steroid dienone is 1. The van der Waals surface area contributed by atoms with Gasteiger partial charge in [-0.2, -0.15) is 0 Å². The number of rotatable bonds is 1. The van der Waals surface area contributed by atoms with Gasteiger partial charge in [-0.1, -0.05) is 67.4 Å². The van der Waals surface area contributed by atoms with Crippen LogP contribution in [0.4, 0.5) is 11.4 Å². The van der Waals surface area contributed by atoms with Gasteiger partial charge in [0, 0.05) is 19.0 Å². The summed E-state index contributed by atoms with van der Waals surface area (Å²) in [6.45, 7) is 5.58. The molecule has 4 rings (SSSR count). The first-order chi connectivity index (χ1) is 13.7. The number of nitrogens with zero attached hydrogens (tertiary/aromatic N) is 1. The molecule has 1 aliphatic carbocycles. The van der Waals surface area contributed by atoms with Gasteiger partial charge in [0.15, 0.2) is 0 Å². The highest BCUT2D eigenvalue weighted by Gasteiger charge is 2.46. The van der Waals surface area contributed by atoms with Crippen molar-refractivity contribution in [1.29, 1.82) is 0 Å². The van der Waals surface area contributed by atoms with Crippen molar-refractivity contribution in [2.45, 2.75) is 33.2 Å². The fourth-order valence-corrected chi connectivity index (χ4v) is 4.85. The molecular formula is C23H22Cl2N2O2. The molecule has 29 heavy (non-hydrogen) atoms. The van der Waals surface area contributed by atoms with Crippen LogP contribution in [0.15, 0.2) is 54.2 Å². The molecule has 1 amide bonds. The molecule has 2 aromatic carbocycles. The lowest BCUT2D eigenvalue weighted by atomic mass is 9.72. The van der Waals surface area contributed by atoms with Crippen LogP contribution in [-0.2, 0) is 9.59 Å². The number of anilines is 2. The molecule has 1 aliphatic heterocycles. The van der Waals surface area contributed by atoms with Crippen molar-refractivity contribution in [3.8, 4) is 0 Å². The van der Waals surface area contributed by atoms with Gasteiger partial charge >= 0.3 is 0 Å². The number of nitrogens with one attached hydrogen (secondary N) is 1. The number of halogens is 2. The molecule has 0 saturated heterocycles. The first-order valence-corrected chi connectivity index (χ1v) is 10.3. The average molecular weight is 429 g/mol. The van der Waals surface area contributed by atoms with Gasteiger partial charge in [0.25, 0.3) is 0 Å². The monoisotopic (exact) mass is 428 g/mol. The van der Waals surface area contributed by atoms with E-state index < -0.39 is 12.0 Å². The van der Waals surface area contributed by atoms with Crippen LogP contribution in [0.25, 0.3) is 0 Å². The maximum Gasteiger partial charge on any atom is 0.224 e. The minimum Gasteiger partial charge on any atom is -0.357 e. The van der Waals surface area contributed by atoms with Crippen LogP contribution in [0.5, 0.6) is 0 Å². The predicted octanol–water partition coefficient (Wildman–Crippen LogP) is 6.01. The first kappa shape index (κ1) is 20.0. The molecule has 4 nitrogen and oxygen atoms in total. The summed E-state index contributed by atoms with van der Waals surface area (Å²) >= 11 is 12.9. The van der Waals surface area contributed by atoms with Gasteiger partial charge in [0.2, 0.25) is 5.91 Å². The van der Waals surface area contributed by atoms with Gasteiger partial charge in [-0.15, -0.1) is 0 Å². The number of carbonyl (C=O) groups is 2. The molecule has 0 spiro atoms. The van der Waals surface area contributed by atoms with E-state index in [-0.39, 0.29) is 17.1 Å². The second-order valence-corrected chi connectivity index (χ2v) is 9.11. The van der Waals surface area contributed by atoms with Crippen molar-refractivity contribution in [2.24, 2.45) is 11.3 Å². The lowest BCUT2D eigenvalue weighted by molar-refractivity contribution is -0.125. The summed E-state index contributed by atoms with van der Waals surface area (Å²) in [5.41, 5.74) is 2.67. The molecular weight excluding hydrogens is 407 g/mol. The molecule has 0 aromatic heterocycles. The van der Waals surface area contributed by atoms with Crippen molar-refractivity contribution in [1.82, 2.24) is 0 Å². The van der Waals surface area contributed by atoms with E-state index in [9.17, 15) is 9.59 Å². The zero-order valence-electron chi connectivity index (χ0n) is 16.5. The Kier molecular flexibility index (Phi) is 4.96. The second kappa shape index (κ2) is 7.19. The molecule has 2 aliphatic rings. The van der Waals surface area contributed by atoms with Gasteiger partial charge in [-0.3, -0.25) is 9.59 Å². The Morgan fingerprint density at radius 3 is 2.59 bits per heavy atom. The number of amides is 1. The van der Waals surface area contributed by atoms with Gasteiger partial charge in [-0.05, 0) is 29.2 Å². The molecule has 0 fully saturated rings. The highest BCUT2D eigenvalue weighted by atomic mass is 35.5. The zero-order valence-corrected chi connectivity index (χ0v) is 18.0. The van der Waals surface area contributed by atoms with E-state index in [1.165, 1.54) is 6.92 Å². The predicted molar refractivity (Wildman–Crippen MR) is 117 cm³/mol. The highest BCUT2D eigenvalue weighted by Crippen LogP contribution is 2.50. The second-order valence-electron chi connectivity index (χ2n) is 8.33. The van der Waals surface area contributed by atoms with Crippen LogP contribution < -0.4 is 10.2 Å². The van der Waals surface area contributed by atoms with Gasteiger partial charge in [0.1, 0.15) is 5.78 Å². The van der Waals surface area contributed by atoms with Crippen LogP contribution in [0.1, 0.15) is 38.8 Å². The van der Waals surface area contributed by atoms with Crippen molar-refractivity contribution in [3.05, 3.63) is 69.8 Å². The van der Waals surface area contributed by atoms with E-state index in [4.69, 9.17) is 23.2 Å². The maximum atomic E-state index is 13.4. The molecule has 1 N–H and O–H groups in total. The lowest BCUT2D eigenvalue weighted by Gasteiger charge is -2.39. The Labute approximate surface area is 180 Å². The number of ketones is 1. The molecule has 1 heterocycles. The summed E-state index contributed by atoms with van der Waals surface area (Å²) in [6.07, 6.45) is 2.49. The summed E-state index contributed by atoms with van der Waals surface area (Å²) in [6, 6.07) is 12.3. The molecule has 2 atom stereocenters. The number of hydrogen-bond donors (Lipinski definition) is 1. The Bertz CT molecular complexity index is 1040. The number of Topliss-reactive ketones (excluding diaryl/α,β-unsaturated/α-hetero) is 1. The zero-order chi connectivity index (χ0) is 20.9. The van der Waals surface area contributed by atoms with Gasteiger partial charge < -0.3 is 10.2 Å². The third-order valence-electron chi connectivity index (χ3n) is 5.53. The highest BCUT2D eigenvalue weighted by molar-refractivity contribution is 6.42. The normalized spacial score (nSPS) is 22.7. The average Bonchev–Trinajstić information content (AvgIpc) is 2.77. The van der Waals surface area contributed by atoms with Crippen LogP contribution in [-0.4, -0.2) is 11.7 Å². The quantitative estimate of drug-likeness (QED) is 0.604. The van der Waals surface area contributed by atoms with Crippen molar-refractivity contribution in [2.75, 3.05) is 10.2 Å². The standard InChI is InChI=1S/C23H22Cl2N2O2/c1-13(28)27-18-10-5-4-9-16(18)26-17-11-23(2,3)12-19(29)20(17)22(27)14-7-6-8-15(24)21(14)25/h4-11,20,22,26H,12H2,1-3H3. The Balaban J connectivity index is 2.04. The number of fused-ring (bicyclic) bond motifs is 2. The van der Waals surface area contributed by atoms with Crippen molar-refractivity contribution < 1.29 is 9.59 Å². The van der Waals surface area contributed by atoms with Gasteiger partial charge in [-0.25, -0.2) is 0 Å².